The number of nitrogens with one attached hydrogen (secondary N) is 2. The van der Waals surface area contributed by atoms with E-state index in [9.17, 15) is 22.8 Å². The molecule has 3 aromatic carbocycles. The fourth-order valence-electron chi connectivity index (χ4n) is 2.80. The second-order valence-electron chi connectivity index (χ2n) is 6.37. The third kappa shape index (κ3) is 4.82. The van der Waals surface area contributed by atoms with Gasteiger partial charge in [0, 0.05) is 5.56 Å². The zero-order valence-corrected chi connectivity index (χ0v) is 15.4. The number of aryl methyl sites for hydroxylation is 1. The normalized spacial score (nSPS) is 11.0. The highest BCUT2D eigenvalue weighted by molar-refractivity contribution is 6.12. The van der Waals surface area contributed by atoms with Crippen LogP contribution >= 0.6 is 0 Å². The van der Waals surface area contributed by atoms with Crippen molar-refractivity contribution in [3.05, 3.63) is 95.1 Å². The molecule has 0 bridgehead atoms. The first kappa shape index (κ1) is 20.1. The number of hydrogen-bond acceptors (Lipinski definition) is 2. The lowest BCUT2D eigenvalue weighted by Crippen LogP contribution is -2.20. The Kier molecular flexibility index (Phi) is 5.68. The van der Waals surface area contributed by atoms with E-state index in [1.807, 2.05) is 13.0 Å². The Labute approximate surface area is 165 Å². The van der Waals surface area contributed by atoms with Crippen LogP contribution in [0.4, 0.5) is 24.5 Å². The summed E-state index contributed by atoms with van der Waals surface area (Å²) in [6.45, 7) is 1.84. The van der Waals surface area contributed by atoms with Crippen molar-refractivity contribution in [2.45, 2.75) is 13.1 Å². The monoisotopic (exact) mass is 398 g/mol. The molecule has 0 aliphatic carbocycles. The Morgan fingerprint density at radius 3 is 2.07 bits per heavy atom. The third-order valence-electron chi connectivity index (χ3n) is 4.18. The van der Waals surface area contributed by atoms with Crippen molar-refractivity contribution < 1.29 is 22.8 Å². The number of para-hydroxylation sites is 2. The minimum absolute atomic E-state index is 0.0467. The van der Waals surface area contributed by atoms with Gasteiger partial charge in [0.05, 0.1) is 22.5 Å². The Morgan fingerprint density at radius 1 is 0.759 bits per heavy atom. The van der Waals surface area contributed by atoms with E-state index >= 15 is 0 Å². The molecular weight excluding hydrogens is 381 g/mol. The van der Waals surface area contributed by atoms with Crippen molar-refractivity contribution in [3.8, 4) is 0 Å². The average Bonchev–Trinajstić information content (AvgIpc) is 2.68. The molecule has 0 saturated carbocycles. The van der Waals surface area contributed by atoms with Crippen LogP contribution in [0.15, 0.2) is 72.8 Å². The number of carbonyl (C=O) groups is 2. The number of rotatable bonds is 4. The molecule has 7 heteroatoms. The van der Waals surface area contributed by atoms with Crippen LogP contribution < -0.4 is 10.6 Å². The zero-order chi connectivity index (χ0) is 21.0. The first-order valence-electron chi connectivity index (χ1n) is 8.70. The van der Waals surface area contributed by atoms with Crippen LogP contribution in [0.25, 0.3) is 0 Å². The van der Waals surface area contributed by atoms with Crippen LogP contribution in [-0.2, 0) is 6.18 Å². The van der Waals surface area contributed by atoms with Crippen molar-refractivity contribution in [1.82, 2.24) is 0 Å². The second-order valence-corrected chi connectivity index (χ2v) is 6.37. The quantitative estimate of drug-likeness (QED) is 0.608. The first-order valence-corrected chi connectivity index (χ1v) is 8.70. The molecule has 0 fully saturated rings. The zero-order valence-electron chi connectivity index (χ0n) is 15.4. The van der Waals surface area contributed by atoms with E-state index in [1.165, 1.54) is 30.3 Å². The summed E-state index contributed by atoms with van der Waals surface area (Å²) in [6, 6.07) is 17.7. The summed E-state index contributed by atoms with van der Waals surface area (Å²) in [5, 5.41) is 4.93. The summed E-state index contributed by atoms with van der Waals surface area (Å²) in [7, 11) is 0. The van der Waals surface area contributed by atoms with E-state index in [-0.39, 0.29) is 16.9 Å². The van der Waals surface area contributed by atoms with E-state index in [0.29, 0.717) is 5.56 Å². The van der Waals surface area contributed by atoms with Crippen LogP contribution in [0.2, 0.25) is 0 Å². The highest BCUT2D eigenvalue weighted by Crippen LogP contribution is 2.35. The lowest BCUT2D eigenvalue weighted by Gasteiger charge is -2.15. The molecule has 0 spiro atoms. The van der Waals surface area contributed by atoms with Gasteiger partial charge in [-0.15, -0.1) is 0 Å². The predicted molar refractivity (Wildman–Crippen MR) is 105 cm³/mol. The van der Waals surface area contributed by atoms with Crippen molar-refractivity contribution in [2.24, 2.45) is 0 Å². The summed E-state index contributed by atoms with van der Waals surface area (Å²) in [4.78, 5) is 25.1. The minimum atomic E-state index is -4.61. The average molecular weight is 398 g/mol. The Hall–Kier alpha value is -3.61. The van der Waals surface area contributed by atoms with E-state index in [2.05, 4.69) is 10.6 Å². The van der Waals surface area contributed by atoms with E-state index < -0.39 is 23.6 Å². The molecule has 0 heterocycles. The van der Waals surface area contributed by atoms with E-state index in [1.54, 1.807) is 30.3 Å². The summed E-state index contributed by atoms with van der Waals surface area (Å²) < 4.78 is 39.5. The number of hydrogen-bond donors (Lipinski definition) is 2. The standard InChI is InChI=1S/C22H17F3N2O2/c1-14-7-6-8-15(13-14)20(28)26-18-11-4-2-9-16(18)21(29)27-19-12-5-3-10-17(19)22(23,24)25/h2-13H,1H3,(H,26,28)(H,27,29). The fourth-order valence-corrected chi connectivity index (χ4v) is 2.80. The molecule has 0 unspecified atom stereocenters. The Bertz CT molecular complexity index is 1060. The van der Waals surface area contributed by atoms with Crippen molar-refractivity contribution in [1.29, 1.82) is 0 Å². The molecule has 0 aromatic heterocycles. The van der Waals surface area contributed by atoms with Crippen molar-refractivity contribution >= 4 is 23.2 Å². The van der Waals surface area contributed by atoms with E-state index in [0.717, 1.165) is 11.6 Å². The van der Waals surface area contributed by atoms with Gasteiger partial charge in [0.25, 0.3) is 11.8 Å². The molecule has 29 heavy (non-hydrogen) atoms. The number of anilines is 2. The summed E-state index contributed by atoms with van der Waals surface area (Å²) >= 11 is 0. The van der Waals surface area contributed by atoms with Crippen molar-refractivity contribution in [3.63, 3.8) is 0 Å². The van der Waals surface area contributed by atoms with Gasteiger partial charge in [-0.3, -0.25) is 9.59 Å². The lowest BCUT2D eigenvalue weighted by molar-refractivity contribution is -0.136. The van der Waals surface area contributed by atoms with Gasteiger partial charge in [-0.05, 0) is 43.3 Å². The summed E-state index contributed by atoms with van der Waals surface area (Å²) in [6.07, 6.45) is -4.61. The Balaban J connectivity index is 1.86. The van der Waals surface area contributed by atoms with Crippen LogP contribution in [0.1, 0.15) is 31.8 Å². The van der Waals surface area contributed by atoms with Gasteiger partial charge in [0.15, 0.2) is 0 Å². The SMILES string of the molecule is Cc1cccc(C(=O)Nc2ccccc2C(=O)Nc2ccccc2C(F)(F)F)c1. The molecule has 2 amide bonds. The highest BCUT2D eigenvalue weighted by Gasteiger charge is 2.33. The highest BCUT2D eigenvalue weighted by atomic mass is 19.4. The maximum atomic E-state index is 13.2. The van der Waals surface area contributed by atoms with Crippen LogP contribution in [-0.4, -0.2) is 11.8 Å². The molecule has 2 N–H and O–H groups in total. The Morgan fingerprint density at radius 2 is 1.38 bits per heavy atom. The predicted octanol–water partition coefficient (Wildman–Crippen LogP) is 5.52. The van der Waals surface area contributed by atoms with E-state index in [4.69, 9.17) is 0 Å². The van der Waals surface area contributed by atoms with Gasteiger partial charge in [-0.2, -0.15) is 13.2 Å². The molecule has 3 aromatic rings. The molecule has 4 nitrogen and oxygen atoms in total. The minimum Gasteiger partial charge on any atom is -0.321 e. The number of alkyl halides is 3. The maximum absolute atomic E-state index is 13.2. The topological polar surface area (TPSA) is 58.2 Å². The van der Waals surface area contributed by atoms with Gasteiger partial charge < -0.3 is 10.6 Å². The molecule has 0 atom stereocenters. The molecule has 0 radical (unpaired) electrons. The van der Waals surface area contributed by atoms with Gasteiger partial charge in [-0.1, -0.05) is 42.0 Å². The van der Waals surface area contributed by atoms with Gasteiger partial charge >= 0.3 is 6.18 Å². The molecule has 0 aliphatic heterocycles. The number of halogens is 3. The van der Waals surface area contributed by atoms with Crippen molar-refractivity contribution in [2.75, 3.05) is 10.6 Å². The van der Waals surface area contributed by atoms with Crippen LogP contribution in [0, 0.1) is 6.92 Å². The second kappa shape index (κ2) is 8.18. The summed E-state index contributed by atoms with van der Waals surface area (Å²) in [5.74, 6) is -1.19. The third-order valence-corrected chi connectivity index (χ3v) is 4.18. The number of benzene rings is 3. The molecule has 3 rings (SSSR count). The smallest absolute Gasteiger partial charge is 0.321 e. The molecular formula is C22H17F3N2O2. The summed E-state index contributed by atoms with van der Waals surface area (Å²) in [5.41, 5.74) is 0.237. The van der Waals surface area contributed by atoms with Crippen LogP contribution in [0.5, 0.6) is 0 Å². The lowest BCUT2D eigenvalue weighted by atomic mass is 10.1. The van der Waals surface area contributed by atoms with Gasteiger partial charge in [0.2, 0.25) is 0 Å². The molecule has 0 saturated heterocycles. The van der Waals surface area contributed by atoms with Gasteiger partial charge in [-0.25, -0.2) is 0 Å². The number of carbonyl (C=O) groups excluding carboxylic acids is 2. The molecule has 148 valence electrons. The number of amides is 2. The molecule has 0 aliphatic rings. The fraction of sp³-hybridized carbons (Fsp3) is 0.0909. The van der Waals surface area contributed by atoms with Crippen LogP contribution in [0.3, 0.4) is 0 Å². The largest absolute Gasteiger partial charge is 0.418 e. The first-order chi connectivity index (χ1) is 13.8. The van der Waals surface area contributed by atoms with Gasteiger partial charge in [0.1, 0.15) is 0 Å². The maximum Gasteiger partial charge on any atom is 0.418 e.